The summed E-state index contributed by atoms with van der Waals surface area (Å²) in [6, 6.07) is 11.1. The van der Waals surface area contributed by atoms with Gasteiger partial charge in [-0.25, -0.2) is 5.43 Å². The quantitative estimate of drug-likeness (QED) is 0.674. The molecule has 20 heavy (non-hydrogen) atoms. The number of nitrogens with zero attached hydrogens (tertiary/aromatic N) is 1. The zero-order valence-electron chi connectivity index (χ0n) is 10.2. The average molecular weight is 309 g/mol. The molecule has 0 unspecified atom stereocenters. The highest BCUT2D eigenvalue weighted by Gasteiger charge is 2.05. The third-order valence-corrected chi connectivity index (χ3v) is 3.29. The fourth-order valence-electron chi connectivity index (χ4n) is 1.49. The number of carbonyl (C=O) groups excluding carboxylic acids is 1. The Kier molecular flexibility index (Phi) is 4.61. The molecule has 2 rings (SSSR count). The van der Waals surface area contributed by atoms with E-state index in [1.165, 1.54) is 18.3 Å². The number of halogens is 2. The molecule has 2 aromatic carbocycles. The van der Waals surface area contributed by atoms with Crippen LogP contribution in [0.1, 0.15) is 15.9 Å². The van der Waals surface area contributed by atoms with Crippen LogP contribution < -0.4 is 5.43 Å². The van der Waals surface area contributed by atoms with Gasteiger partial charge in [-0.15, -0.1) is 0 Å². The summed E-state index contributed by atoms with van der Waals surface area (Å²) in [7, 11) is 0. The molecule has 0 aliphatic heterocycles. The minimum Gasteiger partial charge on any atom is -0.508 e. The first-order valence-electron chi connectivity index (χ1n) is 5.64. The summed E-state index contributed by atoms with van der Waals surface area (Å²) >= 11 is 11.8. The third-order valence-electron chi connectivity index (χ3n) is 2.46. The Morgan fingerprint density at radius 3 is 2.70 bits per heavy atom. The Labute approximate surface area is 125 Å². The molecule has 2 aromatic rings. The molecule has 0 heterocycles. The first-order valence-corrected chi connectivity index (χ1v) is 6.40. The molecule has 0 saturated carbocycles. The molecule has 0 atom stereocenters. The van der Waals surface area contributed by atoms with Crippen LogP contribution in [0.5, 0.6) is 5.75 Å². The summed E-state index contributed by atoms with van der Waals surface area (Å²) in [5.74, 6) is -0.421. The number of phenolic OH excluding ortho intramolecular Hbond substituents is 1. The highest BCUT2D eigenvalue weighted by molar-refractivity contribution is 6.43. The van der Waals surface area contributed by atoms with Crippen molar-refractivity contribution in [2.75, 3.05) is 0 Å². The van der Waals surface area contributed by atoms with Crippen molar-refractivity contribution >= 4 is 35.3 Å². The molecule has 2 N–H and O–H groups in total. The lowest BCUT2D eigenvalue weighted by Crippen LogP contribution is -2.17. The van der Waals surface area contributed by atoms with Crippen molar-refractivity contribution in [2.24, 2.45) is 5.10 Å². The van der Waals surface area contributed by atoms with Crippen LogP contribution in [-0.4, -0.2) is 17.2 Å². The van der Waals surface area contributed by atoms with Crippen LogP contribution in [0, 0.1) is 0 Å². The third kappa shape index (κ3) is 3.50. The normalized spacial score (nSPS) is 10.7. The van der Waals surface area contributed by atoms with Gasteiger partial charge in [-0.05, 0) is 24.3 Å². The van der Waals surface area contributed by atoms with Gasteiger partial charge in [-0.3, -0.25) is 4.79 Å². The van der Waals surface area contributed by atoms with E-state index in [1.807, 2.05) is 0 Å². The van der Waals surface area contributed by atoms with Crippen molar-refractivity contribution < 1.29 is 9.90 Å². The second-order valence-electron chi connectivity index (χ2n) is 3.89. The molecule has 102 valence electrons. The van der Waals surface area contributed by atoms with Crippen molar-refractivity contribution in [3.8, 4) is 5.75 Å². The van der Waals surface area contributed by atoms with Gasteiger partial charge < -0.3 is 5.11 Å². The van der Waals surface area contributed by atoms with E-state index in [4.69, 9.17) is 23.2 Å². The number of aromatic hydroxyl groups is 1. The molecular formula is C14H10Cl2N2O2. The number of nitrogens with one attached hydrogen (secondary N) is 1. The number of hydrazone groups is 1. The average Bonchev–Trinajstić information content (AvgIpc) is 2.43. The van der Waals surface area contributed by atoms with Gasteiger partial charge in [0.15, 0.2) is 0 Å². The summed E-state index contributed by atoms with van der Waals surface area (Å²) in [4.78, 5) is 11.7. The first-order chi connectivity index (χ1) is 9.58. The predicted octanol–water partition coefficient (Wildman–Crippen LogP) is 3.46. The molecule has 0 aromatic heterocycles. The van der Waals surface area contributed by atoms with Crippen LogP contribution in [0.4, 0.5) is 0 Å². The maximum absolute atomic E-state index is 11.7. The number of rotatable bonds is 3. The molecule has 0 radical (unpaired) electrons. The van der Waals surface area contributed by atoms with Gasteiger partial charge in [0.05, 0.1) is 16.3 Å². The van der Waals surface area contributed by atoms with Crippen molar-refractivity contribution in [3.63, 3.8) is 0 Å². The Hall–Kier alpha value is -2.04. The molecule has 0 fully saturated rings. The van der Waals surface area contributed by atoms with E-state index in [9.17, 15) is 9.90 Å². The summed E-state index contributed by atoms with van der Waals surface area (Å²) in [6.45, 7) is 0. The molecular weight excluding hydrogens is 299 g/mol. The Bertz CT molecular complexity index is 672. The van der Waals surface area contributed by atoms with Crippen molar-refractivity contribution in [1.29, 1.82) is 0 Å². The standard InChI is InChI=1S/C14H10Cl2N2O2/c15-12-6-2-4-10(13(12)16)8-17-18-14(20)9-3-1-5-11(19)7-9/h1-8,19H,(H,18,20)/b17-8+. The van der Waals surface area contributed by atoms with E-state index >= 15 is 0 Å². The van der Waals surface area contributed by atoms with Gasteiger partial charge in [0.25, 0.3) is 5.91 Å². The van der Waals surface area contributed by atoms with Crippen molar-refractivity contribution in [3.05, 3.63) is 63.6 Å². The van der Waals surface area contributed by atoms with Crippen LogP contribution >= 0.6 is 23.2 Å². The Morgan fingerprint density at radius 2 is 1.95 bits per heavy atom. The first kappa shape index (κ1) is 14.4. The Morgan fingerprint density at radius 1 is 1.20 bits per heavy atom. The highest BCUT2D eigenvalue weighted by Crippen LogP contribution is 2.24. The molecule has 6 heteroatoms. The number of hydrogen-bond acceptors (Lipinski definition) is 3. The molecule has 1 amide bonds. The van der Waals surface area contributed by atoms with Crippen molar-refractivity contribution in [1.82, 2.24) is 5.43 Å². The SMILES string of the molecule is O=C(N/N=C/c1cccc(Cl)c1Cl)c1cccc(O)c1. The lowest BCUT2D eigenvalue weighted by Gasteiger charge is -2.01. The topological polar surface area (TPSA) is 61.7 Å². The van der Waals surface area contributed by atoms with Crippen LogP contribution in [0.15, 0.2) is 47.6 Å². The minimum atomic E-state index is -0.435. The summed E-state index contributed by atoms with van der Waals surface area (Å²) < 4.78 is 0. The monoisotopic (exact) mass is 308 g/mol. The number of benzene rings is 2. The lowest BCUT2D eigenvalue weighted by molar-refractivity contribution is 0.0954. The van der Waals surface area contributed by atoms with Crippen molar-refractivity contribution in [2.45, 2.75) is 0 Å². The lowest BCUT2D eigenvalue weighted by atomic mass is 10.2. The summed E-state index contributed by atoms with van der Waals surface area (Å²) in [6.07, 6.45) is 1.40. The van der Waals surface area contributed by atoms with E-state index in [2.05, 4.69) is 10.5 Å². The predicted molar refractivity (Wildman–Crippen MR) is 79.6 cm³/mol. The van der Waals surface area contributed by atoms with Gasteiger partial charge in [-0.2, -0.15) is 5.10 Å². The second-order valence-corrected chi connectivity index (χ2v) is 4.68. The van der Waals surface area contributed by atoms with Crippen LogP contribution in [0.25, 0.3) is 0 Å². The Balaban J connectivity index is 2.07. The zero-order valence-corrected chi connectivity index (χ0v) is 11.7. The molecule has 4 nitrogen and oxygen atoms in total. The summed E-state index contributed by atoms with van der Waals surface area (Å²) in [5.41, 5.74) is 3.24. The number of hydrogen-bond donors (Lipinski definition) is 2. The van der Waals surface area contributed by atoms with Gasteiger partial charge in [0, 0.05) is 11.1 Å². The highest BCUT2D eigenvalue weighted by atomic mass is 35.5. The second kappa shape index (κ2) is 6.41. The smallest absolute Gasteiger partial charge is 0.271 e. The maximum Gasteiger partial charge on any atom is 0.271 e. The van der Waals surface area contributed by atoms with E-state index in [1.54, 1.807) is 30.3 Å². The molecule has 0 aliphatic rings. The van der Waals surface area contributed by atoms with Crippen LogP contribution in [-0.2, 0) is 0 Å². The van der Waals surface area contributed by atoms with Gasteiger partial charge in [-0.1, -0.05) is 41.4 Å². The van der Waals surface area contributed by atoms with Crippen LogP contribution in [0.2, 0.25) is 10.0 Å². The van der Waals surface area contributed by atoms with E-state index in [0.717, 1.165) is 0 Å². The molecule has 0 spiro atoms. The fourth-order valence-corrected chi connectivity index (χ4v) is 1.85. The molecule has 0 aliphatic carbocycles. The largest absolute Gasteiger partial charge is 0.508 e. The molecule has 0 bridgehead atoms. The number of phenols is 1. The van der Waals surface area contributed by atoms with Crippen LogP contribution in [0.3, 0.4) is 0 Å². The van der Waals surface area contributed by atoms with E-state index in [0.29, 0.717) is 21.2 Å². The van der Waals surface area contributed by atoms with Gasteiger partial charge >= 0.3 is 0 Å². The fraction of sp³-hybridized carbons (Fsp3) is 0. The van der Waals surface area contributed by atoms with Gasteiger partial charge in [0.1, 0.15) is 5.75 Å². The summed E-state index contributed by atoms with van der Waals surface area (Å²) in [5, 5.41) is 13.9. The number of amides is 1. The molecule has 0 saturated heterocycles. The number of carbonyl (C=O) groups is 1. The maximum atomic E-state index is 11.7. The van der Waals surface area contributed by atoms with E-state index < -0.39 is 5.91 Å². The minimum absolute atomic E-state index is 0.0134. The zero-order chi connectivity index (χ0) is 14.5. The van der Waals surface area contributed by atoms with E-state index in [-0.39, 0.29) is 5.75 Å². The van der Waals surface area contributed by atoms with Gasteiger partial charge in [0.2, 0.25) is 0 Å².